The molecule has 134 valence electrons. The zero-order chi connectivity index (χ0) is 17.6. The normalized spacial score (nSPS) is 26.3. The van der Waals surface area contributed by atoms with Crippen LogP contribution in [0.4, 0.5) is 0 Å². The smallest absolute Gasteiger partial charge is 0.128 e. The molecule has 0 unspecified atom stereocenters. The third-order valence-corrected chi connectivity index (χ3v) is 6.58. The Morgan fingerprint density at radius 2 is 2.20 bits per heavy atom. The van der Waals surface area contributed by atoms with Crippen LogP contribution in [0, 0.1) is 11.8 Å². The Bertz CT molecular complexity index is 791. The molecule has 0 amide bonds. The summed E-state index contributed by atoms with van der Waals surface area (Å²) >= 11 is 0. The number of aromatic amines is 1. The first-order valence-electron chi connectivity index (χ1n) is 9.77. The lowest BCUT2D eigenvalue weighted by atomic mass is 9.73. The number of nitrogens with zero attached hydrogens (tertiary/aromatic N) is 1. The Morgan fingerprint density at radius 3 is 2.92 bits per heavy atom. The van der Waals surface area contributed by atoms with Crippen LogP contribution in [0.1, 0.15) is 50.4 Å². The summed E-state index contributed by atoms with van der Waals surface area (Å²) in [6, 6.07) is 6.84. The first kappa shape index (κ1) is 16.7. The summed E-state index contributed by atoms with van der Waals surface area (Å²) in [7, 11) is 1.77. The summed E-state index contributed by atoms with van der Waals surface area (Å²) in [4.78, 5) is 6.46. The number of fused-ring (bicyclic) bond motifs is 5. The van der Waals surface area contributed by atoms with Gasteiger partial charge in [0.1, 0.15) is 5.75 Å². The highest BCUT2D eigenvalue weighted by Gasteiger charge is 2.40. The molecule has 3 heteroatoms. The highest BCUT2D eigenvalue weighted by Crippen LogP contribution is 2.46. The molecule has 3 heterocycles. The van der Waals surface area contributed by atoms with Crippen molar-refractivity contribution in [1.29, 1.82) is 0 Å². The zero-order valence-electron chi connectivity index (χ0n) is 15.8. The zero-order valence-corrected chi connectivity index (χ0v) is 15.8. The minimum atomic E-state index is 0.497. The van der Waals surface area contributed by atoms with Gasteiger partial charge in [-0.2, -0.15) is 0 Å². The van der Waals surface area contributed by atoms with Gasteiger partial charge in [-0.05, 0) is 48.8 Å². The number of allylic oxidation sites excluding steroid dienone is 1. The highest BCUT2D eigenvalue weighted by atomic mass is 16.5. The molecule has 0 aliphatic carbocycles. The highest BCUT2D eigenvalue weighted by molar-refractivity contribution is 5.91. The molecule has 4 rings (SSSR count). The number of benzene rings is 1. The average Bonchev–Trinajstić information content (AvgIpc) is 3.05. The van der Waals surface area contributed by atoms with E-state index in [1.54, 1.807) is 7.11 Å². The summed E-state index contributed by atoms with van der Waals surface area (Å²) in [5.41, 5.74) is 5.56. The minimum Gasteiger partial charge on any atom is -0.496 e. The van der Waals surface area contributed by atoms with Gasteiger partial charge < -0.3 is 9.72 Å². The van der Waals surface area contributed by atoms with Gasteiger partial charge in [-0.1, -0.05) is 38.5 Å². The maximum absolute atomic E-state index is 5.65. The van der Waals surface area contributed by atoms with Crippen molar-refractivity contribution in [2.45, 2.75) is 45.6 Å². The van der Waals surface area contributed by atoms with Gasteiger partial charge in [0.15, 0.2) is 0 Å². The fourth-order valence-electron chi connectivity index (χ4n) is 5.13. The Labute approximate surface area is 151 Å². The van der Waals surface area contributed by atoms with Crippen molar-refractivity contribution in [1.82, 2.24) is 9.88 Å². The van der Waals surface area contributed by atoms with Crippen molar-refractivity contribution >= 4 is 10.9 Å². The van der Waals surface area contributed by atoms with Crippen LogP contribution in [-0.4, -0.2) is 30.1 Å². The molecule has 2 aliphatic rings. The first-order chi connectivity index (χ1) is 12.2. The molecule has 0 spiro atoms. The van der Waals surface area contributed by atoms with Gasteiger partial charge >= 0.3 is 0 Å². The van der Waals surface area contributed by atoms with E-state index in [2.05, 4.69) is 48.5 Å². The first-order valence-corrected chi connectivity index (χ1v) is 9.77. The number of aromatic nitrogens is 1. The summed E-state index contributed by atoms with van der Waals surface area (Å²) < 4.78 is 5.65. The second-order valence-electron chi connectivity index (χ2n) is 7.68. The summed E-state index contributed by atoms with van der Waals surface area (Å²) in [5, 5.41) is 1.29. The van der Waals surface area contributed by atoms with E-state index in [0.717, 1.165) is 31.1 Å². The van der Waals surface area contributed by atoms with E-state index in [1.807, 2.05) is 0 Å². The van der Waals surface area contributed by atoms with Crippen molar-refractivity contribution in [2.24, 2.45) is 11.8 Å². The van der Waals surface area contributed by atoms with Crippen LogP contribution in [-0.2, 0) is 6.42 Å². The molecule has 0 radical (unpaired) electrons. The van der Waals surface area contributed by atoms with E-state index in [1.165, 1.54) is 47.1 Å². The van der Waals surface area contributed by atoms with E-state index in [4.69, 9.17) is 4.74 Å². The predicted molar refractivity (Wildman–Crippen MR) is 104 cm³/mol. The van der Waals surface area contributed by atoms with Crippen LogP contribution in [0.2, 0.25) is 0 Å². The molecule has 0 bridgehead atoms. The Morgan fingerprint density at radius 1 is 1.36 bits per heavy atom. The van der Waals surface area contributed by atoms with Gasteiger partial charge in [-0.15, -0.1) is 0 Å². The van der Waals surface area contributed by atoms with E-state index in [0.29, 0.717) is 12.0 Å². The molecule has 0 saturated carbocycles. The van der Waals surface area contributed by atoms with Gasteiger partial charge in [-0.3, -0.25) is 4.90 Å². The van der Waals surface area contributed by atoms with Crippen molar-refractivity contribution in [3.05, 3.63) is 41.6 Å². The fraction of sp³-hybridized carbons (Fsp3) is 0.545. The van der Waals surface area contributed by atoms with E-state index >= 15 is 0 Å². The number of rotatable bonds is 4. The lowest BCUT2D eigenvalue weighted by Crippen LogP contribution is -2.46. The molecular formula is C22H30N2O. The summed E-state index contributed by atoms with van der Waals surface area (Å²) in [6.45, 7) is 11.4. The third-order valence-electron chi connectivity index (χ3n) is 6.58. The molecule has 2 aromatic rings. The van der Waals surface area contributed by atoms with Crippen LogP contribution >= 0.6 is 0 Å². The number of nitrogens with one attached hydrogen (secondary N) is 1. The van der Waals surface area contributed by atoms with Crippen LogP contribution in [0.15, 0.2) is 30.4 Å². The van der Waals surface area contributed by atoms with Gasteiger partial charge in [0.25, 0.3) is 0 Å². The quantitative estimate of drug-likeness (QED) is 0.787. The van der Waals surface area contributed by atoms with Crippen molar-refractivity contribution < 1.29 is 4.74 Å². The fourth-order valence-corrected chi connectivity index (χ4v) is 5.13. The molecule has 2 aliphatic heterocycles. The molecule has 1 saturated heterocycles. The van der Waals surface area contributed by atoms with Crippen LogP contribution in [0.25, 0.3) is 10.9 Å². The number of hydrogen-bond acceptors (Lipinski definition) is 2. The van der Waals surface area contributed by atoms with Gasteiger partial charge in [0.05, 0.1) is 13.2 Å². The topological polar surface area (TPSA) is 28.3 Å². The Balaban J connectivity index is 1.76. The Kier molecular flexibility index (Phi) is 4.36. The van der Waals surface area contributed by atoms with Crippen molar-refractivity contribution in [3.8, 4) is 5.75 Å². The average molecular weight is 338 g/mol. The van der Waals surface area contributed by atoms with Crippen LogP contribution in [0.5, 0.6) is 5.75 Å². The second-order valence-corrected chi connectivity index (χ2v) is 7.68. The van der Waals surface area contributed by atoms with E-state index < -0.39 is 0 Å². The molecular weight excluding hydrogens is 308 g/mol. The van der Waals surface area contributed by atoms with Crippen molar-refractivity contribution in [2.75, 3.05) is 20.2 Å². The maximum Gasteiger partial charge on any atom is 0.128 e. The van der Waals surface area contributed by atoms with E-state index in [-0.39, 0.29) is 0 Å². The molecule has 1 aromatic carbocycles. The van der Waals surface area contributed by atoms with Gasteiger partial charge in [0, 0.05) is 29.7 Å². The number of ether oxygens (including phenoxy) is 1. The summed E-state index contributed by atoms with van der Waals surface area (Å²) in [6.07, 6.45) is 4.66. The minimum absolute atomic E-state index is 0.497. The van der Waals surface area contributed by atoms with Gasteiger partial charge in [-0.25, -0.2) is 0 Å². The molecule has 3 nitrogen and oxygen atoms in total. The lowest BCUT2D eigenvalue weighted by Gasteiger charge is -2.47. The molecule has 1 fully saturated rings. The third kappa shape index (κ3) is 2.60. The standard InChI is InChI=1S/C22H30N2O/c1-5-14(3)17-12-19-22-16(10-11-24(19)13-15(17)6-2)21-18(23-22)8-7-9-20(21)25-4/h7-9,15,17,19,23H,3,5-6,10-13H2,1-2,4H3/t15-,17-,19+/m1/s1. The van der Waals surface area contributed by atoms with Crippen LogP contribution in [0.3, 0.4) is 0 Å². The van der Waals surface area contributed by atoms with Gasteiger partial charge in [0.2, 0.25) is 0 Å². The molecule has 25 heavy (non-hydrogen) atoms. The largest absolute Gasteiger partial charge is 0.496 e. The molecule has 3 atom stereocenters. The number of H-pyrrole nitrogens is 1. The second kappa shape index (κ2) is 6.53. The number of hydrogen-bond donors (Lipinski definition) is 1. The molecule has 1 aromatic heterocycles. The number of piperidine rings is 1. The van der Waals surface area contributed by atoms with E-state index in [9.17, 15) is 0 Å². The number of methoxy groups -OCH3 is 1. The molecule has 1 N–H and O–H groups in total. The predicted octanol–water partition coefficient (Wildman–Crippen LogP) is 5.09. The van der Waals surface area contributed by atoms with Crippen molar-refractivity contribution in [3.63, 3.8) is 0 Å². The maximum atomic E-state index is 5.65. The lowest BCUT2D eigenvalue weighted by molar-refractivity contribution is 0.0629. The monoisotopic (exact) mass is 338 g/mol. The SMILES string of the molecule is C=C(CC)[C@H]1C[C@H]2c3[nH]c4cccc(OC)c4c3CCN2C[C@H]1CC. The van der Waals surface area contributed by atoms with Crippen LogP contribution < -0.4 is 4.74 Å². The summed E-state index contributed by atoms with van der Waals surface area (Å²) in [5.74, 6) is 2.40. The Hall–Kier alpha value is -1.74.